The van der Waals surface area contributed by atoms with Crippen molar-refractivity contribution in [3.05, 3.63) is 190 Å². The highest BCUT2D eigenvalue weighted by Gasteiger charge is 2.34. The van der Waals surface area contributed by atoms with E-state index in [-0.39, 0.29) is 17.4 Å². The van der Waals surface area contributed by atoms with E-state index in [1.165, 1.54) is 5.56 Å². The maximum absolute atomic E-state index is 11.4. The molecule has 10 heteroatoms. The van der Waals surface area contributed by atoms with Crippen LogP contribution in [-0.4, -0.2) is 39.7 Å². The Morgan fingerprint density at radius 2 is 1.07 bits per heavy atom. The Morgan fingerprint density at radius 1 is 0.565 bits per heavy atom. The van der Waals surface area contributed by atoms with E-state index >= 15 is 0 Å². The van der Waals surface area contributed by atoms with Crippen LogP contribution in [0.15, 0.2) is 146 Å². The Hall–Kier alpha value is -8.86. The smallest absolute Gasteiger partial charge is 0.164 e. The summed E-state index contributed by atoms with van der Waals surface area (Å²) in [6.45, 7) is 6.06. The Balaban J connectivity index is 1.00. The highest BCUT2D eigenvalue weighted by molar-refractivity contribution is 6.04. The van der Waals surface area contributed by atoms with Crippen LogP contribution < -0.4 is 0 Å². The molecule has 1 aliphatic rings. The Kier molecular flexibility index (Phi) is 10.8. The monoisotopic (exact) mass is 898 g/mol. The molecule has 1 saturated carbocycles. The summed E-state index contributed by atoms with van der Waals surface area (Å²) in [6, 6.07) is 51.9. The molecule has 11 rings (SSSR count). The summed E-state index contributed by atoms with van der Waals surface area (Å²) in [5, 5.41) is 56.2. The fourth-order valence-electron chi connectivity index (χ4n) is 9.75. The molecule has 10 aromatic rings. The molecular weight excluding hydrogens is 853 g/mol. The molecule has 0 spiro atoms. The molecule has 1 fully saturated rings. The van der Waals surface area contributed by atoms with E-state index in [0.29, 0.717) is 80.0 Å². The lowest BCUT2D eigenvalue weighted by Gasteiger charge is -2.15. The van der Waals surface area contributed by atoms with Gasteiger partial charge in [0, 0.05) is 39.3 Å². The number of benzene rings is 6. The molecule has 4 heterocycles. The average Bonchev–Trinajstić information content (AvgIpc) is 4.09. The first-order chi connectivity index (χ1) is 33.8. The highest BCUT2D eigenvalue weighted by Crippen LogP contribution is 2.49. The number of fused-ring (bicyclic) bond motifs is 2. The third-order valence-corrected chi connectivity index (χ3v) is 13.5. The third kappa shape index (κ3) is 7.44. The molecular formula is C59H46N8O2. The summed E-state index contributed by atoms with van der Waals surface area (Å²) in [4.78, 5) is 10.5. The minimum Gasteiger partial charge on any atom is -0.507 e. The van der Waals surface area contributed by atoms with Crippen LogP contribution in [0.4, 0.5) is 0 Å². The van der Waals surface area contributed by atoms with Gasteiger partial charge in [-0.15, -0.1) is 0 Å². The van der Waals surface area contributed by atoms with Crippen LogP contribution >= 0.6 is 0 Å². The van der Waals surface area contributed by atoms with Gasteiger partial charge in [-0.05, 0) is 92.5 Å². The predicted octanol–water partition coefficient (Wildman–Crippen LogP) is 12.8. The first kappa shape index (κ1) is 42.8. The predicted molar refractivity (Wildman–Crippen MR) is 270 cm³/mol. The van der Waals surface area contributed by atoms with E-state index in [2.05, 4.69) is 55.5 Å². The van der Waals surface area contributed by atoms with Crippen molar-refractivity contribution in [3.63, 3.8) is 0 Å². The van der Waals surface area contributed by atoms with Crippen molar-refractivity contribution < 1.29 is 10.2 Å². The molecule has 0 atom stereocenters. The van der Waals surface area contributed by atoms with E-state index in [1.807, 2.05) is 108 Å². The maximum Gasteiger partial charge on any atom is 0.164 e. The number of pyridine rings is 2. The molecule has 4 aromatic heterocycles. The lowest BCUT2D eigenvalue weighted by molar-refractivity contribution is 0.477. The van der Waals surface area contributed by atoms with Crippen LogP contribution in [0, 0.1) is 36.5 Å². The van der Waals surface area contributed by atoms with Crippen molar-refractivity contribution in [2.45, 2.75) is 58.8 Å². The molecule has 10 nitrogen and oxygen atoms in total. The highest BCUT2D eigenvalue weighted by atomic mass is 16.3. The second-order valence-electron chi connectivity index (χ2n) is 17.8. The number of hydrogen-bond acceptors (Lipinski definition) is 8. The van der Waals surface area contributed by atoms with Gasteiger partial charge in [0.25, 0.3) is 0 Å². The molecule has 334 valence electrons. The number of para-hydroxylation sites is 4. The lowest BCUT2D eigenvalue weighted by Crippen LogP contribution is -2.05. The first-order valence-corrected chi connectivity index (χ1v) is 23.4. The molecule has 0 saturated heterocycles. The van der Waals surface area contributed by atoms with E-state index in [9.17, 15) is 20.7 Å². The standard InChI is InChI=1S/C59H46N8O2/c1-4-37-21-27-40(28-22-37)56-46(34-61)53(44-16-8-12-20-50(44)69)54-57(42-31-32-42)65-67(59(54)63-56)48-18-10-6-14-39(48)26-23-38-24-29-41(30-25-38)55-45(33-60)52(43-15-7-11-19-49(43)68)51-36(3)64-66(58(51)62-55)47-17-9-5-13-35(47)2/h5-22,24-25,27-30,42,68-69H,4,23,26,31-32H2,1-3H3. The van der Waals surface area contributed by atoms with Gasteiger partial charge in [0.15, 0.2) is 11.3 Å². The average molecular weight is 899 g/mol. The van der Waals surface area contributed by atoms with Crippen molar-refractivity contribution in [3.8, 4) is 79.8 Å². The summed E-state index contributed by atoms with van der Waals surface area (Å²) in [7, 11) is 0. The first-order valence-electron chi connectivity index (χ1n) is 23.4. The SMILES string of the molecule is CCc1ccc(-c2nc3c(c(C4CC4)nn3-c3ccccc3CCc3ccc(-c4nc5c(c(C)nn5-c5ccccc5C)c(-c5ccccc5O)c4C#N)cc3)c(-c3ccccc3O)c2C#N)cc1. The van der Waals surface area contributed by atoms with E-state index in [4.69, 9.17) is 20.2 Å². The molecule has 0 amide bonds. The van der Waals surface area contributed by atoms with Gasteiger partial charge < -0.3 is 10.2 Å². The molecule has 69 heavy (non-hydrogen) atoms. The van der Waals surface area contributed by atoms with Crippen molar-refractivity contribution in [2.24, 2.45) is 0 Å². The number of aromatic nitrogens is 6. The van der Waals surface area contributed by atoms with E-state index in [1.54, 1.807) is 24.3 Å². The number of nitrogens with zero attached hydrogens (tertiary/aromatic N) is 8. The fraction of sp³-hybridized carbons (Fsp3) is 0.153. The van der Waals surface area contributed by atoms with Crippen molar-refractivity contribution in [1.29, 1.82) is 10.5 Å². The minimum atomic E-state index is 0.0683. The zero-order valence-electron chi connectivity index (χ0n) is 38.4. The number of phenols is 2. The molecule has 1 aliphatic carbocycles. The Bertz CT molecular complexity index is 3740. The van der Waals surface area contributed by atoms with Crippen molar-refractivity contribution in [2.75, 3.05) is 0 Å². The largest absolute Gasteiger partial charge is 0.507 e. The van der Waals surface area contributed by atoms with Gasteiger partial charge in [0.1, 0.15) is 23.6 Å². The van der Waals surface area contributed by atoms with Crippen LogP contribution in [-0.2, 0) is 19.3 Å². The fourth-order valence-corrected chi connectivity index (χ4v) is 9.75. The van der Waals surface area contributed by atoms with Gasteiger partial charge in [-0.2, -0.15) is 20.7 Å². The molecule has 6 aromatic carbocycles. The number of hydrogen-bond donors (Lipinski definition) is 2. The van der Waals surface area contributed by atoms with Gasteiger partial charge >= 0.3 is 0 Å². The van der Waals surface area contributed by atoms with E-state index < -0.39 is 0 Å². The zero-order valence-corrected chi connectivity index (χ0v) is 38.4. The summed E-state index contributed by atoms with van der Waals surface area (Å²) in [5.74, 6) is 0.374. The number of nitriles is 2. The third-order valence-electron chi connectivity index (χ3n) is 13.5. The lowest BCUT2D eigenvalue weighted by atomic mass is 9.91. The second-order valence-corrected chi connectivity index (χ2v) is 17.8. The van der Waals surface area contributed by atoms with Crippen molar-refractivity contribution >= 4 is 22.1 Å². The van der Waals surface area contributed by atoms with Gasteiger partial charge in [0.05, 0.1) is 56.0 Å². The van der Waals surface area contributed by atoms with Crippen LogP contribution in [0.2, 0.25) is 0 Å². The Morgan fingerprint density at radius 3 is 1.64 bits per heavy atom. The number of aromatic hydroxyl groups is 2. The molecule has 0 bridgehead atoms. The van der Waals surface area contributed by atoms with Gasteiger partial charge in [0.2, 0.25) is 0 Å². The van der Waals surface area contributed by atoms with Crippen molar-refractivity contribution in [1.82, 2.24) is 29.5 Å². The molecule has 2 N–H and O–H groups in total. The molecule has 0 radical (unpaired) electrons. The number of phenolic OH excluding ortho intramolecular Hbond substituents is 2. The summed E-state index contributed by atoms with van der Waals surface area (Å²) in [5.41, 5.74) is 14.7. The maximum atomic E-state index is 11.4. The zero-order chi connectivity index (χ0) is 47.3. The number of rotatable bonds is 11. The summed E-state index contributed by atoms with van der Waals surface area (Å²) in [6.07, 6.45) is 4.24. The minimum absolute atomic E-state index is 0.0683. The topological polar surface area (TPSA) is 149 Å². The van der Waals surface area contributed by atoms with Crippen LogP contribution in [0.5, 0.6) is 11.5 Å². The summed E-state index contributed by atoms with van der Waals surface area (Å²) < 4.78 is 3.79. The van der Waals surface area contributed by atoms with Gasteiger partial charge in [-0.3, -0.25) is 0 Å². The summed E-state index contributed by atoms with van der Waals surface area (Å²) >= 11 is 0. The van der Waals surface area contributed by atoms with Gasteiger partial charge in [-0.25, -0.2) is 19.3 Å². The molecule has 0 unspecified atom stereocenters. The van der Waals surface area contributed by atoms with E-state index in [0.717, 1.165) is 69.5 Å². The van der Waals surface area contributed by atoms with Crippen LogP contribution in [0.1, 0.15) is 70.5 Å². The quantitative estimate of drug-likeness (QED) is 0.130. The van der Waals surface area contributed by atoms with Crippen LogP contribution in [0.25, 0.3) is 78.2 Å². The Labute approximate surface area is 399 Å². The number of aryl methyl sites for hydroxylation is 5. The molecule has 0 aliphatic heterocycles. The van der Waals surface area contributed by atoms with Crippen LogP contribution in [0.3, 0.4) is 0 Å². The normalized spacial score (nSPS) is 12.4. The second kappa shape index (κ2) is 17.4. The van der Waals surface area contributed by atoms with Gasteiger partial charge in [-0.1, -0.05) is 128 Å².